The van der Waals surface area contributed by atoms with E-state index in [0.717, 1.165) is 32.4 Å². The van der Waals surface area contributed by atoms with Gasteiger partial charge < -0.3 is 10.2 Å². The van der Waals surface area contributed by atoms with Gasteiger partial charge in [-0.2, -0.15) is 5.26 Å². The van der Waals surface area contributed by atoms with E-state index < -0.39 is 5.41 Å². The molecule has 1 saturated carbocycles. The fourth-order valence-electron chi connectivity index (χ4n) is 1.97. The summed E-state index contributed by atoms with van der Waals surface area (Å²) in [5, 5.41) is 12.1. The van der Waals surface area contributed by atoms with E-state index in [1.54, 1.807) is 4.90 Å². The summed E-state index contributed by atoms with van der Waals surface area (Å²) < 4.78 is 0. The van der Waals surface area contributed by atoms with Crippen LogP contribution in [0.3, 0.4) is 0 Å². The molecule has 1 saturated heterocycles. The molecule has 1 aliphatic carbocycles. The Kier molecular flexibility index (Phi) is 3.58. The van der Waals surface area contributed by atoms with Crippen molar-refractivity contribution < 1.29 is 4.79 Å². The molecule has 1 heterocycles. The Morgan fingerprint density at radius 2 is 2.27 bits per heavy atom. The Hall–Kier alpha value is -0.790. The van der Waals surface area contributed by atoms with Crippen LogP contribution < -0.4 is 5.32 Å². The van der Waals surface area contributed by atoms with Crippen LogP contribution in [-0.4, -0.2) is 37.0 Å². The number of rotatable bonds is 2. The van der Waals surface area contributed by atoms with Crippen molar-refractivity contribution >= 4 is 18.3 Å². The minimum absolute atomic E-state index is 0. The number of carbonyl (C=O) groups excluding carboxylic acids is 1. The van der Waals surface area contributed by atoms with Gasteiger partial charge in [-0.15, -0.1) is 12.4 Å². The van der Waals surface area contributed by atoms with Crippen molar-refractivity contribution in [2.75, 3.05) is 20.1 Å². The number of likely N-dealkylation sites (N-methyl/N-ethyl adjacent to an activating group) is 1. The average molecular weight is 230 g/mol. The van der Waals surface area contributed by atoms with Gasteiger partial charge in [0.2, 0.25) is 5.91 Å². The molecular weight excluding hydrogens is 214 g/mol. The number of nitrogens with one attached hydrogen (secondary N) is 1. The van der Waals surface area contributed by atoms with Gasteiger partial charge >= 0.3 is 0 Å². The average Bonchev–Trinajstić information content (AvgIpc) is 2.82. The lowest BCUT2D eigenvalue weighted by Gasteiger charge is -2.25. The fourth-order valence-corrected chi connectivity index (χ4v) is 1.97. The molecule has 15 heavy (non-hydrogen) atoms. The summed E-state index contributed by atoms with van der Waals surface area (Å²) in [7, 11) is 1.82. The van der Waals surface area contributed by atoms with E-state index in [0.29, 0.717) is 0 Å². The van der Waals surface area contributed by atoms with Gasteiger partial charge in [-0.1, -0.05) is 0 Å². The van der Waals surface area contributed by atoms with Crippen LogP contribution in [0.25, 0.3) is 0 Å². The predicted octanol–water partition coefficient (Wildman–Crippen LogP) is 0.532. The quantitative estimate of drug-likeness (QED) is 0.752. The maximum atomic E-state index is 11.9. The predicted molar refractivity (Wildman–Crippen MR) is 58.6 cm³/mol. The summed E-state index contributed by atoms with van der Waals surface area (Å²) in [5.74, 6) is 0.0219. The normalized spacial score (nSPS) is 26.3. The zero-order valence-corrected chi connectivity index (χ0v) is 9.64. The van der Waals surface area contributed by atoms with E-state index in [2.05, 4.69) is 11.4 Å². The first-order valence-electron chi connectivity index (χ1n) is 5.09. The lowest BCUT2D eigenvalue weighted by atomic mass is 10.1. The molecule has 84 valence electrons. The molecule has 0 radical (unpaired) electrons. The third-order valence-corrected chi connectivity index (χ3v) is 3.28. The summed E-state index contributed by atoms with van der Waals surface area (Å²) in [6, 6.07) is 2.43. The molecule has 4 nitrogen and oxygen atoms in total. The minimum atomic E-state index is -0.655. The van der Waals surface area contributed by atoms with Crippen molar-refractivity contribution in [3.05, 3.63) is 0 Å². The summed E-state index contributed by atoms with van der Waals surface area (Å²) in [6.07, 6.45) is 2.49. The Labute approximate surface area is 96.0 Å². The molecule has 0 spiro atoms. The molecule has 0 unspecified atom stereocenters. The first-order chi connectivity index (χ1) is 6.69. The summed E-state index contributed by atoms with van der Waals surface area (Å²) in [6.45, 7) is 1.84. The van der Waals surface area contributed by atoms with Gasteiger partial charge in [0, 0.05) is 19.6 Å². The number of nitrogens with zero attached hydrogens (tertiary/aromatic N) is 2. The Morgan fingerprint density at radius 3 is 2.67 bits per heavy atom. The zero-order valence-electron chi connectivity index (χ0n) is 8.82. The fraction of sp³-hybridized carbons (Fsp3) is 0.800. The number of carbonyl (C=O) groups is 1. The minimum Gasteiger partial charge on any atom is -0.340 e. The van der Waals surface area contributed by atoms with Crippen molar-refractivity contribution in [1.29, 1.82) is 5.26 Å². The van der Waals surface area contributed by atoms with Crippen molar-refractivity contribution in [3.8, 4) is 6.07 Å². The Balaban J connectivity index is 0.00000112. The van der Waals surface area contributed by atoms with Crippen molar-refractivity contribution in [2.45, 2.75) is 25.3 Å². The molecule has 1 atom stereocenters. The number of hydrogen-bond acceptors (Lipinski definition) is 3. The summed E-state index contributed by atoms with van der Waals surface area (Å²) >= 11 is 0. The summed E-state index contributed by atoms with van der Waals surface area (Å²) in [5.41, 5.74) is -0.655. The Bertz CT molecular complexity index is 290. The number of halogens is 1. The molecule has 0 bridgehead atoms. The van der Waals surface area contributed by atoms with Crippen molar-refractivity contribution in [2.24, 2.45) is 5.41 Å². The molecule has 2 fully saturated rings. The van der Waals surface area contributed by atoms with Crippen LogP contribution in [0.4, 0.5) is 0 Å². The SMILES string of the molecule is CN(C(=O)C1(C#N)CC1)[C@H]1CCNC1.Cl. The van der Waals surface area contributed by atoms with Crippen LogP contribution in [0.15, 0.2) is 0 Å². The smallest absolute Gasteiger partial charge is 0.243 e. The number of hydrogen-bond donors (Lipinski definition) is 1. The molecule has 2 rings (SSSR count). The van der Waals surface area contributed by atoms with E-state index in [1.165, 1.54) is 0 Å². The van der Waals surface area contributed by atoms with E-state index in [4.69, 9.17) is 5.26 Å². The second-order valence-electron chi connectivity index (χ2n) is 4.26. The Morgan fingerprint density at radius 1 is 1.60 bits per heavy atom. The van der Waals surface area contributed by atoms with E-state index in [9.17, 15) is 4.79 Å². The molecule has 1 amide bonds. The highest BCUT2D eigenvalue weighted by molar-refractivity contribution is 5.88. The van der Waals surface area contributed by atoms with Crippen LogP contribution in [0.5, 0.6) is 0 Å². The maximum absolute atomic E-state index is 11.9. The monoisotopic (exact) mass is 229 g/mol. The first-order valence-corrected chi connectivity index (χ1v) is 5.09. The van der Waals surface area contributed by atoms with Crippen LogP contribution >= 0.6 is 12.4 Å². The molecule has 0 aromatic rings. The van der Waals surface area contributed by atoms with Gasteiger partial charge in [0.25, 0.3) is 0 Å². The van der Waals surface area contributed by atoms with Gasteiger partial charge in [0.1, 0.15) is 5.41 Å². The second kappa shape index (κ2) is 4.38. The van der Waals surface area contributed by atoms with E-state index in [1.807, 2.05) is 7.05 Å². The maximum Gasteiger partial charge on any atom is 0.243 e. The lowest BCUT2D eigenvalue weighted by molar-refractivity contribution is -0.135. The van der Waals surface area contributed by atoms with Gasteiger partial charge in [0.05, 0.1) is 6.07 Å². The molecular formula is C10H16ClN3O. The van der Waals surface area contributed by atoms with Gasteiger partial charge in [-0.25, -0.2) is 0 Å². The topological polar surface area (TPSA) is 56.1 Å². The van der Waals surface area contributed by atoms with Gasteiger partial charge in [-0.3, -0.25) is 4.79 Å². The molecule has 1 N–H and O–H groups in total. The molecule has 0 aromatic carbocycles. The number of nitriles is 1. The highest BCUT2D eigenvalue weighted by atomic mass is 35.5. The van der Waals surface area contributed by atoms with E-state index in [-0.39, 0.29) is 24.4 Å². The van der Waals surface area contributed by atoms with Crippen molar-refractivity contribution in [3.63, 3.8) is 0 Å². The zero-order chi connectivity index (χ0) is 10.2. The third kappa shape index (κ3) is 2.09. The van der Waals surface area contributed by atoms with E-state index >= 15 is 0 Å². The van der Waals surface area contributed by atoms with Crippen LogP contribution in [0.2, 0.25) is 0 Å². The van der Waals surface area contributed by atoms with Gasteiger partial charge in [0.15, 0.2) is 0 Å². The van der Waals surface area contributed by atoms with Crippen molar-refractivity contribution in [1.82, 2.24) is 10.2 Å². The largest absolute Gasteiger partial charge is 0.340 e. The second-order valence-corrected chi connectivity index (χ2v) is 4.26. The highest BCUT2D eigenvalue weighted by Gasteiger charge is 2.52. The van der Waals surface area contributed by atoms with Crippen LogP contribution in [0.1, 0.15) is 19.3 Å². The third-order valence-electron chi connectivity index (χ3n) is 3.28. The van der Waals surface area contributed by atoms with Crippen LogP contribution in [0, 0.1) is 16.7 Å². The highest BCUT2D eigenvalue weighted by Crippen LogP contribution is 2.46. The lowest BCUT2D eigenvalue weighted by Crippen LogP contribution is -2.42. The van der Waals surface area contributed by atoms with Gasteiger partial charge in [-0.05, 0) is 25.8 Å². The number of amides is 1. The molecule has 0 aromatic heterocycles. The standard InChI is InChI=1S/C10H15N3O.ClH/c1-13(8-2-5-12-6-8)9(14)10(7-11)3-4-10;/h8,12H,2-6H2,1H3;1H/t8-;/m0./s1. The summed E-state index contributed by atoms with van der Waals surface area (Å²) in [4.78, 5) is 13.7. The molecule has 1 aliphatic heterocycles. The first kappa shape index (κ1) is 12.3. The molecule has 2 aliphatic rings. The molecule has 5 heteroatoms. The van der Waals surface area contributed by atoms with Crippen LogP contribution in [-0.2, 0) is 4.79 Å².